The highest BCUT2D eigenvalue weighted by atomic mass is 14.9. The Balaban J connectivity index is 2.87. The van der Waals surface area contributed by atoms with Gasteiger partial charge in [0.2, 0.25) is 0 Å². The van der Waals surface area contributed by atoms with Gasteiger partial charge in [-0.25, -0.2) is 4.98 Å². The van der Waals surface area contributed by atoms with E-state index in [1.807, 2.05) is 26.1 Å². The Labute approximate surface area is 89.7 Å². The van der Waals surface area contributed by atoms with Crippen LogP contribution in [-0.4, -0.2) is 17.2 Å². The molecule has 0 radical (unpaired) electrons. The van der Waals surface area contributed by atoms with Crippen LogP contribution < -0.4 is 11.1 Å². The van der Waals surface area contributed by atoms with Gasteiger partial charge in [0.15, 0.2) is 0 Å². The zero-order valence-corrected chi connectivity index (χ0v) is 8.99. The van der Waals surface area contributed by atoms with E-state index in [9.17, 15) is 0 Å². The van der Waals surface area contributed by atoms with Gasteiger partial charge >= 0.3 is 0 Å². The van der Waals surface area contributed by atoms with Crippen molar-refractivity contribution in [2.45, 2.75) is 19.9 Å². The van der Waals surface area contributed by atoms with Gasteiger partial charge in [0.05, 0.1) is 0 Å². The topological polar surface area (TPSA) is 74.8 Å². The smallest absolute Gasteiger partial charge is 0.123 e. The van der Waals surface area contributed by atoms with Gasteiger partial charge in [-0.1, -0.05) is 0 Å². The van der Waals surface area contributed by atoms with E-state index < -0.39 is 0 Å². The summed E-state index contributed by atoms with van der Waals surface area (Å²) in [5.41, 5.74) is 7.16. The summed E-state index contributed by atoms with van der Waals surface area (Å²) in [5, 5.41) is 10.4. The Morgan fingerprint density at radius 2 is 2.27 bits per heavy atom. The number of nitrogens with one attached hydrogen (secondary N) is 2. The first-order valence-electron chi connectivity index (χ1n) is 4.82. The fourth-order valence-corrected chi connectivity index (χ4v) is 1.04. The molecule has 0 aromatic carbocycles. The average molecular weight is 204 g/mol. The molecule has 4 heteroatoms. The van der Waals surface area contributed by atoms with Crippen LogP contribution in [-0.2, 0) is 0 Å². The van der Waals surface area contributed by atoms with E-state index in [1.54, 1.807) is 12.3 Å². The number of hydrogen-bond donors (Lipinski definition) is 3. The van der Waals surface area contributed by atoms with E-state index in [1.165, 1.54) is 6.21 Å². The number of hydrogen-bond acceptors (Lipinski definition) is 4. The van der Waals surface area contributed by atoms with Gasteiger partial charge in [0, 0.05) is 35.8 Å². The monoisotopic (exact) mass is 204 g/mol. The van der Waals surface area contributed by atoms with Gasteiger partial charge < -0.3 is 16.5 Å². The molecular formula is C11H16N4. The lowest BCUT2D eigenvalue weighted by molar-refractivity contribution is 0.704. The summed E-state index contributed by atoms with van der Waals surface area (Å²) in [4.78, 5) is 3.98. The SMILES string of the molecule is CC(C)N/C=C(\C=N)c1ccc(N)nc1. The number of aromatic nitrogens is 1. The van der Waals surface area contributed by atoms with Crippen LogP contribution in [0.3, 0.4) is 0 Å². The van der Waals surface area contributed by atoms with Gasteiger partial charge in [-0.2, -0.15) is 0 Å². The van der Waals surface area contributed by atoms with Crippen LogP contribution in [0.15, 0.2) is 24.5 Å². The molecule has 1 heterocycles. The summed E-state index contributed by atoms with van der Waals surface area (Å²) in [7, 11) is 0. The van der Waals surface area contributed by atoms with Crippen LogP contribution >= 0.6 is 0 Å². The molecule has 15 heavy (non-hydrogen) atoms. The zero-order valence-electron chi connectivity index (χ0n) is 8.99. The van der Waals surface area contributed by atoms with E-state index in [0.717, 1.165) is 11.1 Å². The average Bonchev–Trinajstić information content (AvgIpc) is 2.21. The van der Waals surface area contributed by atoms with E-state index in [2.05, 4.69) is 10.3 Å². The Kier molecular flexibility index (Phi) is 3.85. The van der Waals surface area contributed by atoms with Crippen molar-refractivity contribution in [1.29, 1.82) is 5.41 Å². The highest BCUT2D eigenvalue weighted by Crippen LogP contribution is 2.11. The molecule has 0 unspecified atom stereocenters. The number of pyridine rings is 1. The van der Waals surface area contributed by atoms with E-state index >= 15 is 0 Å². The Hall–Kier alpha value is -1.84. The summed E-state index contributed by atoms with van der Waals surface area (Å²) in [6.07, 6.45) is 4.77. The second kappa shape index (κ2) is 5.14. The molecule has 0 aliphatic heterocycles. The third-order valence-electron chi connectivity index (χ3n) is 1.85. The number of allylic oxidation sites excluding steroid dienone is 1. The van der Waals surface area contributed by atoms with Gasteiger partial charge in [0.1, 0.15) is 5.82 Å². The summed E-state index contributed by atoms with van der Waals surface area (Å²) in [5.74, 6) is 0.486. The molecule has 0 saturated carbocycles. The molecule has 0 bridgehead atoms. The molecule has 0 aliphatic carbocycles. The molecule has 0 atom stereocenters. The molecule has 80 valence electrons. The Bertz CT molecular complexity index is 351. The maximum Gasteiger partial charge on any atom is 0.123 e. The minimum Gasteiger partial charge on any atom is -0.388 e. The first-order chi connectivity index (χ1) is 7.13. The highest BCUT2D eigenvalue weighted by Gasteiger charge is 1.99. The van der Waals surface area contributed by atoms with Crippen molar-refractivity contribution in [1.82, 2.24) is 10.3 Å². The lowest BCUT2D eigenvalue weighted by atomic mass is 10.1. The van der Waals surface area contributed by atoms with Gasteiger partial charge in [-0.15, -0.1) is 0 Å². The van der Waals surface area contributed by atoms with E-state index in [-0.39, 0.29) is 0 Å². The standard InChI is InChI=1S/C11H16N4/c1-8(2)14-7-10(5-12)9-3-4-11(13)15-6-9/h3-8,12,14H,1-2H3,(H2,13,15)/b10-7+,12-5?. The molecule has 1 rings (SSSR count). The largest absolute Gasteiger partial charge is 0.388 e. The third kappa shape index (κ3) is 3.42. The predicted octanol–water partition coefficient (Wildman–Crippen LogP) is 1.65. The van der Waals surface area contributed by atoms with Crippen molar-refractivity contribution in [2.24, 2.45) is 0 Å². The fraction of sp³-hybridized carbons (Fsp3) is 0.273. The van der Waals surface area contributed by atoms with E-state index in [0.29, 0.717) is 11.9 Å². The summed E-state index contributed by atoms with van der Waals surface area (Å²) in [6, 6.07) is 3.92. The zero-order chi connectivity index (χ0) is 11.3. The van der Waals surface area contributed by atoms with Crippen LogP contribution in [0.1, 0.15) is 19.4 Å². The van der Waals surface area contributed by atoms with Crippen LogP contribution in [0.2, 0.25) is 0 Å². The van der Waals surface area contributed by atoms with Crippen molar-refractivity contribution >= 4 is 17.6 Å². The van der Waals surface area contributed by atoms with Crippen LogP contribution in [0, 0.1) is 5.41 Å². The Morgan fingerprint density at radius 1 is 1.53 bits per heavy atom. The van der Waals surface area contributed by atoms with Crippen LogP contribution in [0.5, 0.6) is 0 Å². The Morgan fingerprint density at radius 3 is 2.73 bits per heavy atom. The summed E-state index contributed by atoms with van der Waals surface area (Å²) in [6.45, 7) is 4.08. The van der Waals surface area contributed by atoms with Crippen LogP contribution in [0.25, 0.3) is 5.57 Å². The summed E-state index contributed by atoms with van der Waals surface area (Å²) < 4.78 is 0. The van der Waals surface area contributed by atoms with Crippen LogP contribution in [0.4, 0.5) is 5.82 Å². The lowest BCUT2D eigenvalue weighted by Gasteiger charge is -2.06. The minimum absolute atomic E-state index is 0.349. The first kappa shape index (κ1) is 11.2. The fourth-order valence-electron chi connectivity index (χ4n) is 1.04. The molecule has 0 amide bonds. The number of nitrogens with zero attached hydrogens (tertiary/aromatic N) is 1. The molecule has 4 N–H and O–H groups in total. The minimum atomic E-state index is 0.349. The number of rotatable bonds is 4. The van der Waals surface area contributed by atoms with Gasteiger partial charge in [-0.3, -0.25) is 0 Å². The van der Waals surface area contributed by atoms with Crippen molar-refractivity contribution < 1.29 is 0 Å². The number of anilines is 1. The maximum atomic E-state index is 7.30. The van der Waals surface area contributed by atoms with Gasteiger partial charge in [-0.05, 0) is 26.0 Å². The number of nitrogen functional groups attached to an aromatic ring is 1. The van der Waals surface area contributed by atoms with Crippen molar-refractivity contribution in [3.63, 3.8) is 0 Å². The van der Waals surface area contributed by atoms with Crippen molar-refractivity contribution in [2.75, 3.05) is 5.73 Å². The van der Waals surface area contributed by atoms with Gasteiger partial charge in [0.25, 0.3) is 0 Å². The van der Waals surface area contributed by atoms with Crippen molar-refractivity contribution in [3.05, 3.63) is 30.1 Å². The molecule has 0 fully saturated rings. The third-order valence-corrected chi connectivity index (χ3v) is 1.85. The predicted molar refractivity (Wildman–Crippen MR) is 63.7 cm³/mol. The molecule has 4 nitrogen and oxygen atoms in total. The molecule has 0 saturated heterocycles. The second-order valence-corrected chi connectivity index (χ2v) is 3.54. The molecule has 0 spiro atoms. The maximum absolute atomic E-state index is 7.30. The highest BCUT2D eigenvalue weighted by molar-refractivity contribution is 6.08. The quantitative estimate of drug-likeness (QED) is 0.653. The molecule has 1 aromatic heterocycles. The lowest BCUT2D eigenvalue weighted by Crippen LogP contribution is -2.16. The number of nitrogens with two attached hydrogens (primary N) is 1. The summed E-state index contributed by atoms with van der Waals surface area (Å²) >= 11 is 0. The molecule has 0 aliphatic rings. The van der Waals surface area contributed by atoms with Crippen molar-refractivity contribution in [3.8, 4) is 0 Å². The first-order valence-corrected chi connectivity index (χ1v) is 4.82. The molecular weight excluding hydrogens is 188 g/mol. The van der Waals surface area contributed by atoms with E-state index in [4.69, 9.17) is 11.1 Å². The second-order valence-electron chi connectivity index (χ2n) is 3.54. The normalized spacial score (nSPS) is 11.5. The molecule has 1 aromatic rings.